The number of aromatic nitrogens is 2. The first-order valence-corrected chi connectivity index (χ1v) is 9.10. The number of aliphatic hydroxyl groups is 1. The van der Waals surface area contributed by atoms with E-state index in [1.807, 2.05) is 0 Å². The number of nitrogens with one attached hydrogen (secondary N) is 1. The van der Waals surface area contributed by atoms with Gasteiger partial charge in [-0.1, -0.05) is 0 Å². The standard InChI is InChI=1S/C18H22F3N3O3/c1-8-12-14(24(11-3-4-11)17(27)22-16(12)26)9(2)15(13(8)19)23-5-10(6-25)18(20,21)7-23/h10-11,13,15,25H,3-7H2,1-2H3,(H,22,26,27). The van der Waals surface area contributed by atoms with E-state index in [0.29, 0.717) is 10.9 Å². The number of halogens is 3. The number of H-pyrrole nitrogens is 1. The average molecular weight is 385 g/mol. The smallest absolute Gasteiger partial charge is 0.329 e. The van der Waals surface area contributed by atoms with Gasteiger partial charge in [0.2, 0.25) is 0 Å². The zero-order valence-electron chi connectivity index (χ0n) is 15.1. The molecule has 0 aromatic carbocycles. The number of fused-ring (bicyclic) bond motifs is 1. The van der Waals surface area contributed by atoms with Crippen molar-refractivity contribution in [3.8, 4) is 0 Å². The van der Waals surface area contributed by atoms with Gasteiger partial charge in [0.1, 0.15) is 6.17 Å². The molecule has 6 nitrogen and oxygen atoms in total. The van der Waals surface area contributed by atoms with Crippen LogP contribution in [0.15, 0.2) is 9.59 Å². The molecule has 2 N–H and O–H groups in total. The molecule has 4 rings (SSSR count). The summed E-state index contributed by atoms with van der Waals surface area (Å²) in [6.07, 6.45) is -0.0805. The van der Waals surface area contributed by atoms with E-state index in [4.69, 9.17) is 0 Å². The predicted octanol–water partition coefficient (Wildman–Crippen LogP) is -0.508. The molecule has 9 heteroatoms. The molecule has 1 aliphatic heterocycles. The highest BCUT2D eigenvalue weighted by Gasteiger charge is 2.51. The molecule has 0 amide bonds. The summed E-state index contributed by atoms with van der Waals surface area (Å²) >= 11 is 0. The second-order valence-corrected chi connectivity index (χ2v) is 7.87. The minimum Gasteiger partial charge on any atom is -0.396 e. The fourth-order valence-electron chi connectivity index (χ4n) is 4.46. The molecule has 2 aliphatic carbocycles. The minimum atomic E-state index is -3.12. The maximum absolute atomic E-state index is 15.3. The van der Waals surface area contributed by atoms with Crippen molar-refractivity contribution in [1.82, 2.24) is 14.5 Å². The van der Waals surface area contributed by atoms with Crippen molar-refractivity contribution in [2.45, 2.75) is 50.9 Å². The highest BCUT2D eigenvalue weighted by Crippen LogP contribution is 2.38. The number of aromatic amines is 1. The fraction of sp³-hybridized carbons (Fsp3) is 0.667. The number of rotatable bonds is 3. The normalized spacial score (nSPS) is 30.7. The third kappa shape index (κ3) is 2.70. The van der Waals surface area contributed by atoms with Gasteiger partial charge in [0, 0.05) is 12.6 Å². The van der Waals surface area contributed by atoms with E-state index < -0.39 is 48.5 Å². The van der Waals surface area contributed by atoms with Gasteiger partial charge in [-0.15, -0.1) is 0 Å². The molecule has 3 aliphatic rings. The van der Waals surface area contributed by atoms with Crippen LogP contribution in [-0.2, 0) is 0 Å². The summed E-state index contributed by atoms with van der Waals surface area (Å²) in [5, 5.41) is 9.75. The summed E-state index contributed by atoms with van der Waals surface area (Å²) in [6, 6.07) is -1.06. The Kier molecular flexibility index (Phi) is 4.15. The summed E-state index contributed by atoms with van der Waals surface area (Å²) in [5.74, 6) is -4.38. The van der Waals surface area contributed by atoms with Gasteiger partial charge >= 0.3 is 5.69 Å². The van der Waals surface area contributed by atoms with Gasteiger partial charge in [-0.3, -0.25) is 19.2 Å². The van der Waals surface area contributed by atoms with Crippen molar-refractivity contribution in [3.05, 3.63) is 31.4 Å². The van der Waals surface area contributed by atoms with Crippen molar-refractivity contribution in [1.29, 1.82) is 0 Å². The molecule has 1 saturated carbocycles. The maximum Gasteiger partial charge on any atom is 0.329 e. The topological polar surface area (TPSA) is 78.3 Å². The van der Waals surface area contributed by atoms with E-state index in [2.05, 4.69) is 4.98 Å². The Morgan fingerprint density at radius 3 is 2.44 bits per heavy atom. The van der Waals surface area contributed by atoms with Crippen LogP contribution in [0.3, 0.4) is 0 Å². The summed E-state index contributed by atoms with van der Waals surface area (Å²) < 4.78 is 45.1. The van der Waals surface area contributed by atoms with Crippen LogP contribution < -0.4 is 21.8 Å². The van der Waals surface area contributed by atoms with Crippen molar-refractivity contribution in [3.63, 3.8) is 0 Å². The number of nitrogens with zero attached hydrogens (tertiary/aromatic N) is 2. The average Bonchev–Trinajstić information content (AvgIpc) is 3.36. The molecule has 0 bridgehead atoms. The van der Waals surface area contributed by atoms with Crippen LogP contribution >= 0.6 is 0 Å². The largest absolute Gasteiger partial charge is 0.396 e. The van der Waals surface area contributed by atoms with E-state index in [9.17, 15) is 23.5 Å². The Hall–Kier alpha value is -1.87. The van der Waals surface area contributed by atoms with E-state index in [1.54, 1.807) is 6.92 Å². The number of likely N-dealkylation sites (tertiary alicyclic amines) is 1. The predicted molar refractivity (Wildman–Crippen MR) is 92.8 cm³/mol. The first-order valence-electron chi connectivity index (χ1n) is 9.10. The lowest BCUT2D eigenvalue weighted by atomic mass is 9.90. The molecule has 2 heterocycles. The maximum atomic E-state index is 15.3. The van der Waals surface area contributed by atoms with Crippen molar-refractivity contribution in [2.24, 2.45) is 5.92 Å². The van der Waals surface area contributed by atoms with Gasteiger partial charge in [0.15, 0.2) is 0 Å². The van der Waals surface area contributed by atoms with Crippen molar-refractivity contribution < 1.29 is 18.3 Å². The molecule has 1 aromatic rings. The zero-order valence-corrected chi connectivity index (χ0v) is 15.1. The Morgan fingerprint density at radius 2 is 1.89 bits per heavy atom. The van der Waals surface area contributed by atoms with Gasteiger partial charge in [-0.2, -0.15) is 0 Å². The Labute approximate surface area is 152 Å². The molecular weight excluding hydrogens is 363 g/mol. The van der Waals surface area contributed by atoms with E-state index in [-0.39, 0.29) is 23.4 Å². The molecule has 1 aromatic heterocycles. The number of hydrogen-bond acceptors (Lipinski definition) is 4. The van der Waals surface area contributed by atoms with Crippen molar-refractivity contribution in [2.75, 3.05) is 19.7 Å². The van der Waals surface area contributed by atoms with Gasteiger partial charge in [0.25, 0.3) is 11.5 Å². The lowest BCUT2D eigenvalue weighted by Gasteiger charge is -2.34. The monoisotopic (exact) mass is 385 g/mol. The lowest BCUT2D eigenvalue weighted by molar-refractivity contribution is -0.0443. The third-order valence-electron chi connectivity index (χ3n) is 6.04. The number of hydrogen-bond donors (Lipinski definition) is 2. The van der Waals surface area contributed by atoms with Crippen LogP contribution in [0.4, 0.5) is 13.2 Å². The highest BCUT2D eigenvalue weighted by molar-refractivity contribution is 5.62. The summed E-state index contributed by atoms with van der Waals surface area (Å²) in [7, 11) is 0. The molecule has 0 radical (unpaired) electrons. The Balaban J connectivity index is 1.95. The second-order valence-electron chi connectivity index (χ2n) is 7.87. The molecular formula is C18H22F3N3O3. The summed E-state index contributed by atoms with van der Waals surface area (Å²) in [6.45, 7) is 1.58. The van der Waals surface area contributed by atoms with Gasteiger partial charge in [0.05, 0.1) is 35.7 Å². The Morgan fingerprint density at radius 1 is 1.22 bits per heavy atom. The molecule has 1 saturated heterocycles. The van der Waals surface area contributed by atoms with Crippen LogP contribution in [0.1, 0.15) is 32.7 Å². The second kappa shape index (κ2) is 6.07. The molecule has 148 valence electrons. The van der Waals surface area contributed by atoms with Crippen LogP contribution in [0, 0.1) is 5.92 Å². The third-order valence-corrected chi connectivity index (χ3v) is 6.04. The summed E-state index contributed by atoms with van der Waals surface area (Å²) in [4.78, 5) is 28.3. The first-order chi connectivity index (χ1) is 12.7. The van der Waals surface area contributed by atoms with Crippen molar-refractivity contribution >= 4 is 11.1 Å². The van der Waals surface area contributed by atoms with Gasteiger partial charge in [-0.05, 0) is 37.8 Å². The first kappa shape index (κ1) is 18.5. The van der Waals surface area contributed by atoms with Crippen LogP contribution in [0.25, 0.3) is 11.1 Å². The molecule has 3 atom stereocenters. The van der Waals surface area contributed by atoms with E-state index in [1.165, 1.54) is 16.4 Å². The number of alkyl halides is 3. The highest BCUT2D eigenvalue weighted by atomic mass is 19.3. The molecule has 0 spiro atoms. The molecule has 27 heavy (non-hydrogen) atoms. The lowest BCUT2D eigenvalue weighted by Crippen LogP contribution is -2.61. The minimum absolute atomic E-state index is 0.0622. The molecule has 3 unspecified atom stereocenters. The quantitative estimate of drug-likeness (QED) is 0.735. The zero-order chi connectivity index (χ0) is 19.7. The van der Waals surface area contributed by atoms with Gasteiger partial charge < -0.3 is 5.11 Å². The van der Waals surface area contributed by atoms with Crippen LogP contribution in [-0.4, -0.2) is 57.4 Å². The van der Waals surface area contributed by atoms with E-state index in [0.717, 1.165) is 12.8 Å². The van der Waals surface area contributed by atoms with E-state index >= 15 is 4.39 Å². The summed E-state index contributed by atoms with van der Waals surface area (Å²) in [5.41, 5.74) is -0.645. The van der Waals surface area contributed by atoms with Crippen LogP contribution in [0.5, 0.6) is 0 Å². The number of aliphatic hydroxyl groups excluding tert-OH is 1. The van der Waals surface area contributed by atoms with Crippen LogP contribution in [0.2, 0.25) is 0 Å². The van der Waals surface area contributed by atoms with Gasteiger partial charge in [-0.25, -0.2) is 18.0 Å². The molecule has 2 fully saturated rings. The SMILES string of the molecule is CC1=c2c(=O)[nH]c(=O)n(C3CC3)c2=C(C)C(N2CC(CO)C(F)(F)C2)C1F. The Bertz CT molecular complexity index is 1030. The fourth-order valence-corrected chi connectivity index (χ4v) is 4.46.